The summed E-state index contributed by atoms with van der Waals surface area (Å²) >= 11 is 1.64. The van der Waals surface area contributed by atoms with Gasteiger partial charge in [-0.25, -0.2) is 0 Å². The largest absolute Gasteiger partial charge is 0.159 e. The second-order valence-electron chi connectivity index (χ2n) is 2.11. The summed E-state index contributed by atoms with van der Waals surface area (Å²) in [6.45, 7) is 0. The van der Waals surface area contributed by atoms with Crippen molar-refractivity contribution in [3.05, 3.63) is 34.3 Å². The molecular formula is C8H6N2S. The Morgan fingerprint density at radius 1 is 1.18 bits per heavy atom. The first-order chi connectivity index (χ1) is 5.47. The third-order valence-corrected chi connectivity index (χ3v) is 2.00. The van der Waals surface area contributed by atoms with Crippen molar-refractivity contribution in [2.45, 2.75) is 0 Å². The van der Waals surface area contributed by atoms with Gasteiger partial charge in [-0.2, -0.15) is 10.2 Å². The molecule has 0 saturated heterocycles. The van der Waals surface area contributed by atoms with Crippen LogP contribution in [0.3, 0.4) is 0 Å². The monoisotopic (exact) mass is 162 g/mol. The van der Waals surface area contributed by atoms with Crippen LogP contribution in [0.2, 0.25) is 0 Å². The first-order valence-electron chi connectivity index (χ1n) is 3.27. The van der Waals surface area contributed by atoms with Crippen LogP contribution in [0.5, 0.6) is 0 Å². The highest BCUT2D eigenvalue weighted by molar-refractivity contribution is 8.05. The molecule has 1 aromatic rings. The van der Waals surface area contributed by atoms with E-state index in [4.69, 9.17) is 0 Å². The zero-order valence-electron chi connectivity index (χ0n) is 5.77. The summed E-state index contributed by atoms with van der Waals surface area (Å²) in [7, 11) is 0. The van der Waals surface area contributed by atoms with Crippen molar-refractivity contribution in [2.75, 3.05) is 0 Å². The molecule has 54 valence electrons. The molecule has 0 bridgehead atoms. The first-order valence-corrected chi connectivity index (χ1v) is 4.21. The van der Waals surface area contributed by atoms with Crippen LogP contribution in [0, 0.1) is 0 Å². The van der Waals surface area contributed by atoms with Crippen LogP contribution in [-0.2, 0) is 0 Å². The Balaban J connectivity index is 2.58. The van der Waals surface area contributed by atoms with Crippen molar-refractivity contribution >= 4 is 23.9 Å². The maximum atomic E-state index is 3.98. The second-order valence-corrected chi connectivity index (χ2v) is 2.93. The number of hydrogen-bond acceptors (Lipinski definition) is 3. The Kier molecular flexibility index (Phi) is 1.73. The molecule has 1 aliphatic rings. The fraction of sp³-hybridized carbons (Fsp3) is 0. The molecule has 0 aliphatic carbocycles. The summed E-state index contributed by atoms with van der Waals surface area (Å²) in [5.41, 5.74) is 2.06. The van der Waals surface area contributed by atoms with Gasteiger partial charge in [0.2, 0.25) is 0 Å². The minimum absolute atomic E-state index is 0.939. The SMILES string of the molecule is C1=Cc2ccnnc2C=CS1. The minimum Gasteiger partial charge on any atom is -0.159 e. The first kappa shape index (κ1) is 6.61. The van der Waals surface area contributed by atoms with Crippen molar-refractivity contribution in [3.63, 3.8) is 0 Å². The highest BCUT2D eigenvalue weighted by atomic mass is 32.2. The molecule has 2 rings (SSSR count). The van der Waals surface area contributed by atoms with Crippen LogP contribution in [-0.4, -0.2) is 10.2 Å². The van der Waals surface area contributed by atoms with Crippen LogP contribution in [0.4, 0.5) is 0 Å². The van der Waals surface area contributed by atoms with Gasteiger partial charge in [0.05, 0.1) is 11.9 Å². The lowest BCUT2D eigenvalue weighted by Crippen LogP contribution is -1.87. The summed E-state index contributed by atoms with van der Waals surface area (Å²) in [6, 6.07) is 1.95. The zero-order chi connectivity index (χ0) is 7.52. The van der Waals surface area contributed by atoms with Gasteiger partial charge in [-0.15, -0.1) is 11.8 Å². The fourth-order valence-corrected chi connectivity index (χ4v) is 1.41. The van der Waals surface area contributed by atoms with E-state index in [-0.39, 0.29) is 0 Å². The van der Waals surface area contributed by atoms with Gasteiger partial charge < -0.3 is 0 Å². The molecular weight excluding hydrogens is 156 g/mol. The average Bonchev–Trinajstić information content (AvgIpc) is 2.28. The number of thioether (sulfide) groups is 1. The molecule has 0 spiro atoms. The summed E-state index contributed by atoms with van der Waals surface area (Å²) in [5, 5.41) is 11.8. The number of rotatable bonds is 0. The van der Waals surface area contributed by atoms with Crippen molar-refractivity contribution in [3.8, 4) is 0 Å². The van der Waals surface area contributed by atoms with Crippen molar-refractivity contribution in [1.82, 2.24) is 10.2 Å². The van der Waals surface area contributed by atoms with Gasteiger partial charge in [-0.1, -0.05) is 0 Å². The molecule has 0 N–H and O–H groups in total. The molecule has 0 fully saturated rings. The molecule has 3 heteroatoms. The predicted molar refractivity (Wildman–Crippen MR) is 47.7 cm³/mol. The zero-order valence-corrected chi connectivity index (χ0v) is 6.58. The summed E-state index contributed by atoms with van der Waals surface area (Å²) < 4.78 is 0. The molecule has 0 unspecified atom stereocenters. The Morgan fingerprint density at radius 2 is 2.09 bits per heavy atom. The van der Waals surface area contributed by atoms with Crippen molar-refractivity contribution < 1.29 is 0 Å². The Labute approximate surface area is 69.0 Å². The number of fused-ring (bicyclic) bond motifs is 1. The molecule has 0 aromatic carbocycles. The lowest BCUT2D eigenvalue weighted by molar-refractivity contribution is 1.01. The van der Waals surface area contributed by atoms with E-state index >= 15 is 0 Å². The smallest absolute Gasteiger partial charge is 0.0935 e. The van der Waals surface area contributed by atoms with E-state index in [9.17, 15) is 0 Å². The van der Waals surface area contributed by atoms with E-state index in [0.717, 1.165) is 11.3 Å². The molecule has 1 aromatic heterocycles. The molecule has 2 nitrogen and oxygen atoms in total. The lowest BCUT2D eigenvalue weighted by Gasteiger charge is -1.93. The predicted octanol–water partition coefficient (Wildman–Crippen LogP) is 2.16. The van der Waals surface area contributed by atoms with Gasteiger partial charge in [0.15, 0.2) is 0 Å². The van der Waals surface area contributed by atoms with Crippen LogP contribution >= 0.6 is 11.8 Å². The molecule has 0 amide bonds. The van der Waals surface area contributed by atoms with E-state index in [1.54, 1.807) is 18.0 Å². The topological polar surface area (TPSA) is 25.8 Å². The molecule has 0 saturated carbocycles. The normalized spacial score (nSPS) is 14.2. The van der Waals surface area contributed by atoms with E-state index in [2.05, 4.69) is 10.2 Å². The second kappa shape index (κ2) is 2.88. The van der Waals surface area contributed by atoms with Gasteiger partial charge >= 0.3 is 0 Å². The van der Waals surface area contributed by atoms with Gasteiger partial charge in [-0.05, 0) is 29.0 Å². The Bertz CT molecular complexity index is 287. The van der Waals surface area contributed by atoms with E-state index in [1.165, 1.54) is 0 Å². The van der Waals surface area contributed by atoms with Gasteiger partial charge in [0.1, 0.15) is 0 Å². The van der Waals surface area contributed by atoms with E-state index in [0.29, 0.717) is 0 Å². The molecule has 11 heavy (non-hydrogen) atoms. The highest BCUT2D eigenvalue weighted by Gasteiger charge is 1.97. The number of hydrogen-bond donors (Lipinski definition) is 0. The van der Waals surface area contributed by atoms with Gasteiger partial charge in [-0.3, -0.25) is 0 Å². The van der Waals surface area contributed by atoms with Crippen LogP contribution in [0.1, 0.15) is 11.3 Å². The highest BCUT2D eigenvalue weighted by Crippen LogP contribution is 2.18. The third-order valence-electron chi connectivity index (χ3n) is 1.41. The standard InChI is InChI=1S/C8H6N2S/c1-4-9-10-8-3-6-11-5-2-7(1)8/h1-6H. The van der Waals surface area contributed by atoms with E-state index < -0.39 is 0 Å². The lowest BCUT2D eigenvalue weighted by atomic mass is 10.2. The van der Waals surface area contributed by atoms with Crippen molar-refractivity contribution in [2.24, 2.45) is 0 Å². The fourth-order valence-electron chi connectivity index (χ4n) is 0.884. The van der Waals surface area contributed by atoms with Gasteiger partial charge in [0.25, 0.3) is 0 Å². The molecule has 0 radical (unpaired) electrons. The van der Waals surface area contributed by atoms with Crippen LogP contribution < -0.4 is 0 Å². The maximum Gasteiger partial charge on any atom is 0.0935 e. The Morgan fingerprint density at radius 3 is 3.09 bits per heavy atom. The average molecular weight is 162 g/mol. The molecule has 0 atom stereocenters. The summed E-state index contributed by atoms with van der Waals surface area (Å²) in [6.07, 6.45) is 5.70. The Hall–Kier alpha value is -1.09. The van der Waals surface area contributed by atoms with E-state index in [1.807, 2.05) is 29.0 Å². The third kappa shape index (κ3) is 1.33. The quantitative estimate of drug-likeness (QED) is 0.584. The molecule has 1 aliphatic heterocycles. The van der Waals surface area contributed by atoms with Gasteiger partial charge in [0, 0.05) is 5.56 Å². The van der Waals surface area contributed by atoms with Crippen molar-refractivity contribution in [1.29, 1.82) is 0 Å². The maximum absolute atomic E-state index is 3.98. The molecule has 2 heterocycles. The minimum atomic E-state index is 0.939. The van der Waals surface area contributed by atoms with Crippen LogP contribution in [0.25, 0.3) is 12.2 Å². The van der Waals surface area contributed by atoms with Crippen LogP contribution in [0.15, 0.2) is 23.1 Å². The summed E-state index contributed by atoms with van der Waals surface area (Å²) in [4.78, 5) is 0. The number of aromatic nitrogens is 2. The number of nitrogens with zero attached hydrogens (tertiary/aromatic N) is 2. The summed E-state index contributed by atoms with van der Waals surface area (Å²) in [5.74, 6) is 0.